The highest BCUT2D eigenvalue weighted by molar-refractivity contribution is 4.60. The summed E-state index contributed by atoms with van der Waals surface area (Å²) in [6.45, 7) is 9.28. The van der Waals surface area contributed by atoms with Gasteiger partial charge in [0.25, 0.3) is 0 Å². The lowest BCUT2D eigenvalue weighted by Crippen LogP contribution is -2.04. The molecule has 0 saturated heterocycles. The molecule has 0 aliphatic carbocycles. The van der Waals surface area contributed by atoms with Gasteiger partial charge in [0.2, 0.25) is 0 Å². The molecule has 0 rings (SSSR count). The lowest BCUT2D eigenvalue weighted by molar-refractivity contribution is 0.352. The summed E-state index contributed by atoms with van der Waals surface area (Å²) >= 11 is 0. The van der Waals surface area contributed by atoms with E-state index in [1.807, 2.05) is 0 Å². The van der Waals surface area contributed by atoms with Crippen LogP contribution in [0.2, 0.25) is 0 Å². The van der Waals surface area contributed by atoms with E-state index in [1.54, 1.807) is 0 Å². The Hall–Kier alpha value is 0. The fourth-order valence-electron chi connectivity index (χ4n) is 1.63. The molecule has 68 valence electrons. The largest absolute Gasteiger partial charge is 0.0654 e. The van der Waals surface area contributed by atoms with E-state index in [4.69, 9.17) is 0 Å². The highest BCUT2D eigenvalue weighted by Gasteiger charge is 2.08. The third-order valence-corrected chi connectivity index (χ3v) is 2.71. The lowest BCUT2D eigenvalue weighted by Gasteiger charge is -2.17. The average Bonchev–Trinajstić information content (AvgIpc) is 2.03. The highest BCUT2D eigenvalue weighted by atomic mass is 14.1. The van der Waals surface area contributed by atoms with Crippen molar-refractivity contribution in [2.45, 2.75) is 59.8 Å². The Balaban J connectivity index is 3.49. The molecular weight excluding hydrogens is 132 g/mol. The smallest absolute Gasteiger partial charge is 0.0414 e. The first-order valence-corrected chi connectivity index (χ1v) is 5.24. The predicted molar refractivity (Wildman–Crippen MR) is 52.8 cm³/mol. The third-order valence-electron chi connectivity index (χ3n) is 2.71. The minimum absolute atomic E-state index is 0.937. The van der Waals surface area contributed by atoms with Gasteiger partial charge in [0.1, 0.15) is 0 Å². The molecule has 0 spiro atoms. The fourth-order valence-corrected chi connectivity index (χ4v) is 1.63. The van der Waals surface area contributed by atoms with Gasteiger partial charge in [-0.3, -0.25) is 0 Å². The molecule has 0 heteroatoms. The molecule has 0 saturated carbocycles. The normalized spacial score (nSPS) is 16.4. The zero-order valence-corrected chi connectivity index (χ0v) is 8.69. The molecule has 0 aliphatic rings. The van der Waals surface area contributed by atoms with Crippen LogP contribution in [0.5, 0.6) is 0 Å². The third kappa shape index (κ3) is 5.29. The van der Waals surface area contributed by atoms with E-state index in [0.717, 1.165) is 11.8 Å². The summed E-state index contributed by atoms with van der Waals surface area (Å²) in [5, 5.41) is 0. The Morgan fingerprint density at radius 3 is 2.00 bits per heavy atom. The molecule has 0 bridgehead atoms. The summed E-state index contributed by atoms with van der Waals surface area (Å²) in [5.41, 5.74) is 0. The van der Waals surface area contributed by atoms with Gasteiger partial charge in [-0.05, 0) is 18.3 Å². The van der Waals surface area contributed by atoms with Crippen molar-refractivity contribution in [3.05, 3.63) is 0 Å². The van der Waals surface area contributed by atoms with Crippen LogP contribution in [0.25, 0.3) is 0 Å². The van der Waals surface area contributed by atoms with Gasteiger partial charge in [0.15, 0.2) is 0 Å². The Kier molecular flexibility index (Phi) is 6.69. The Morgan fingerprint density at radius 1 is 1.00 bits per heavy atom. The molecule has 0 nitrogen and oxygen atoms in total. The molecule has 0 N–H and O–H groups in total. The standard InChI is InChI=1S/C11H24/c1-5-8-11(7-3)9-10(4)6-2/h10-11H,5-9H2,1-4H3. The summed E-state index contributed by atoms with van der Waals surface area (Å²) in [6.07, 6.45) is 6.95. The van der Waals surface area contributed by atoms with Gasteiger partial charge >= 0.3 is 0 Å². The van der Waals surface area contributed by atoms with Crippen molar-refractivity contribution in [1.82, 2.24) is 0 Å². The van der Waals surface area contributed by atoms with Crippen LogP contribution in [0.3, 0.4) is 0 Å². The number of hydrogen-bond acceptors (Lipinski definition) is 0. The molecule has 0 heterocycles. The van der Waals surface area contributed by atoms with Crippen LogP contribution < -0.4 is 0 Å². The van der Waals surface area contributed by atoms with E-state index in [1.165, 1.54) is 32.1 Å². The van der Waals surface area contributed by atoms with Gasteiger partial charge in [-0.15, -0.1) is 0 Å². The molecule has 0 aromatic heterocycles. The van der Waals surface area contributed by atoms with Crippen molar-refractivity contribution in [2.75, 3.05) is 0 Å². The predicted octanol–water partition coefficient (Wildman–Crippen LogP) is 4.25. The van der Waals surface area contributed by atoms with Crippen LogP contribution in [0.1, 0.15) is 59.8 Å². The van der Waals surface area contributed by atoms with Gasteiger partial charge < -0.3 is 0 Å². The van der Waals surface area contributed by atoms with Gasteiger partial charge in [0, 0.05) is 0 Å². The summed E-state index contributed by atoms with van der Waals surface area (Å²) in [6, 6.07) is 0. The second-order valence-electron chi connectivity index (χ2n) is 3.81. The van der Waals surface area contributed by atoms with Crippen LogP contribution in [0.4, 0.5) is 0 Å². The van der Waals surface area contributed by atoms with Crippen LogP contribution >= 0.6 is 0 Å². The van der Waals surface area contributed by atoms with Gasteiger partial charge in [-0.25, -0.2) is 0 Å². The number of hydrogen-bond donors (Lipinski definition) is 0. The molecule has 2 unspecified atom stereocenters. The van der Waals surface area contributed by atoms with Crippen molar-refractivity contribution in [3.8, 4) is 0 Å². The summed E-state index contributed by atoms with van der Waals surface area (Å²) in [7, 11) is 0. The molecule has 0 aromatic carbocycles. The molecular formula is C11H24. The van der Waals surface area contributed by atoms with Crippen LogP contribution in [0.15, 0.2) is 0 Å². The van der Waals surface area contributed by atoms with Crippen molar-refractivity contribution in [2.24, 2.45) is 11.8 Å². The lowest BCUT2D eigenvalue weighted by atomic mass is 9.89. The fraction of sp³-hybridized carbons (Fsp3) is 1.00. The second-order valence-corrected chi connectivity index (χ2v) is 3.81. The van der Waals surface area contributed by atoms with E-state index in [-0.39, 0.29) is 0 Å². The minimum atomic E-state index is 0.937. The van der Waals surface area contributed by atoms with E-state index in [0.29, 0.717) is 0 Å². The number of rotatable bonds is 6. The highest BCUT2D eigenvalue weighted by Crippen LogP contribution is 2.21. The van der Waals surface area contributed by atoms with E-state index in [2.05, 4.69) is 27.7 Å². The summed E-state index contributed by atoms with van der Waals surface area (Å²) in [5.74, 6) is 1.93. The maximum atomic E-state index is 2.37. The van der Waals surface area contributed by atoms with E-state index in [9.17, 15) is 0 Å². The molecule has 0 aromatic rings. The maximum Gasteiger partial charge on any atom is -0.0414 e. The van der Waals surface area contributed by atoms with Gasteiger partial charge in [-0.2, -0.15) is 0 Å². The molecule has 0 fully saturated rings. The van der Waals surface area contributed by atoms with E-state index < -0.39 is 0 Å². The van der Waals surface area contributed by atoms with Gasteiger partial charge in [-0.1, -0.05) is 53.4 Å². The monoisotopic (exact) mass is 156 g/mol. The molecule has 0 radical (unpaired) electrons. The van der Waals surface area contributed by atoms with E-state index >= 15 is 0 Å². The van der Waals surface area contributed by atoms with Crippen molar-refractivity contribution in [3.63, 3.8) is 0 Å². The first-order chi connectivity index (χ1) is 5.24. The average molecular weight is 156 g/mol. The van der Waals surface area contributed by atoms with Crippen molar-refractivity contribution in [1.29, 1.82) is 0 Å². The SMILES string of the molecule is CCCC(CC)CC(C)CC. The Morgan fingerprint density at radius 2 is 1.64 bits per heavy atom. The van der Waals surface area contributed by atoms with Crippen LogP contribution in [-0.2, 0) is 0 Å². The Bertz CT molecular complexity index is 76.1. The van der Waals surface area contributed by atoms with Crippen molar-refractivity contribution >= 4 is 0 Å². The van der Waals surface area contributed by atoms with Gasteiger partial charge in [0.05, 0.1) is 0 Å². The molecule has 0 amide bonds. The maximum absolute atomic E-state index is 2.37. The minimum Gasteiger partial charge on any atom is -0.0654 e. The quantitative estimate of drug-likeness (QED) is 0.539. The van der Waals surface area contributed by atoms with Crippen LogP contribution in [0, 0.1) is 11.8 Å². The summed E-state index contributed by atoms with van der Waals surface area (Å²) in [4.78, 5) is 0. The first-order valence-electron chi connectivity index (χ1n) is 5.24. The molecule has 0 aliphatic heterocycles. The van der Waals surface area contributed by atoms with Crippen molar-refractivity contribution < 1.29 is 0 Å². The first kappa shape index (κ1) is 11.0. The zero-order chi connectivity index (χ0) is 8.69. The molecule has 11 heavy (non-hydrogen) atoms. The Labute approximate surface area is 72.4 Å². The molecule has 2 atom stereocenters. The summed E-state index contributed by atoms with van der Waals surface area (Å²) < 4.78 is 0. The zero-order valence-electron chi connectivity index (χ0n) is 8.69. The topological polar surface area (TPSA) is 0 Å². The van der Waals surface area contributed by atoms with Crippen LogP contribution in [-0.4, -0.2) is 0 Å². The second kappa shape index (κ2) is 6.69.